The Morgan fingerprint density at radius 1 is 1.55 bits per heavy atom. The van der Waals surface area contributed by atoms with E-state index in [4.69, 9.17) is 17.3 Å². The smallest absolute Gasteiger partial charge is 0.0506 e. The zero-order valence-corrected chi connectivity index (χ0v) is 6.75. The van der Waals surface area contributed by atoms with Crippen LogP contribution in [-0.4, -0.2) is 10.9 Å². The summed E-state index contributed by atoms with van der Waals surface area (Å²) in [5, 5.41) is 0. The number of aromatic nitrogens is 1. The Morgan fingerprint density at radius 3 is 3.00 bits per heavy atom. The molecule has 0 saturated carbocycles. The summed E-state index contributed by atoms with van der Waals surface area (Å²) in [5.74, 6) is 0.509. The molecule has 0 spiro atoms. The van der Waals surface area contributed by atoms with Crippen LogP contribution in [0.4, 0.5) is 5.69 Å². The highest BCUT2D eigenvalue weighted by atomic mass is 35.5. The lowest BCUT2D eigenvalue weighted by Gasteiger charge is -1.93. The molecular formula is C8H9ClN2. The molecular weight excluding hydrogens is 160 g/mol. The first kappa shape index (κ1) is 8.08. The Labute approximate surface area is 70.7 Å². The monoisotopic (exact) mass is 168 g/mol. The van der Waals surface area contributed by atoms with Crippen LogP contribution in [0.2, 0.25) is 0 Å². The van der Waals surface area contributed by atoms with Gasteiger partial charge in [-0.1, -0.05) is 12.2 Å². The fraction of sp³-hybridized carbons (Fsp3) is 0.125. The lowest BCUT2D eigenvalue weighted by atomic mass is 10.2. The third-order valence-corrected chi connectivity index (χ3v) is 1.36. The zero-order chi connectivity index (χ0) is 8.10. The molecule has 2 N–H and O–H groups in total. The first-order valence-electron chi connectivity index (χ1n) is 3.26. The zero-order valence-electron chi connectivity index (χ0n) is 6.00. The van der Waals surface area contributed by atoms with Gasteiger partial charge < -0.3 is 5.73 Å². The molecule has 1 aromatic rings. The second-order valence-corrected chi connectivity index (χ2v) is 2.42. The predicted octanol–water partition coefficient (Wildman–Crippen LogP) is 1.92. The van der Waals surface area contributed by atoms with Gasteiger partial charge in [-0.2, -0.15) is 0 Å². The van der Waals surface area contributed by atoms with Crippen LogP contribution < -0.4 is 5.73 Å². The topological polar surface area (TPSA) is 38.9 Å². The quantitative estimate of drug-likeness (QED) is 0.686. The van der Waals surface area contributed by atoms with Crippen molar-refractivity contribution < 1.29 is 0 Å². The molecule has 0 aliphatic rings. The Morgan fingerprint density at radius 2 is 2.36 bits per heavy atom. The van der Waals surface area contributed by atoms with Gasteiger partial charge in [0.05, 0.1) is 5.69 Å². The summed E-state index contributed by atoms with van der Waals surface area (Å²) in [5.41, 5.74) is 7.15. The minimum Gasteiger partial charge on any atom is -0.397 e. The van der Waals surface area contributed by atoms with Crippen molar-refractivity contribution in [3.05, 3.63) is 30.1 Å². The maximum Gasteiger partial charge on any atom is 0.0506 e. The number of rotatable bonds is 2. The number of hydrogen-bond acceptors (Lipinski definition) is 2. The first-order chi connectivity index (χ1) is 5.33. The summed E-state index contributed by atoms with van der Waals surface area (Å²) >= 11 is 5.45. The maximum atomic E-state index is 5.50. The van der Waals surface area contributed by atoms with E-state index in [-0.39, 0.29) is 0 Å². The molecule has 0 aromatic carbocycles. The van der Waals surface area contributed by atoms with Crippen molar-refractivity contribution in [3.63, 3.8) is 0 Å². The van der Waals surface area contributed by atoms with Crippen LogP contribution in [0, 0.1) is 0 Å². The second kappa shape index (κ2) is 3.98. The van der Waals surface area contributed by atoms with Crippen molar-refractivity contribution >= 4 is 23.4 Å². The van der Waals surface area contributed by atoms with Gasteiger partial charge >= 0.3 is 0 Å². The van der Waals surface area contributed by atoms with Gasteiger partial charge in [0.1, 0.15) is 0 Å². The van der Waals surface area contributed by atoms with E-state index in [0.29, 0.717) is 11.6 Å². The summed E-state index contributed by atoms with van der Waals surface area (Å²) in [6.45, 7) is 0. The van der Waals surface area contributed by atoms with Crippen LogP contribution in [0.25, 0.3) is 6.08 Å². The Bertz CT molecular complexity index is 258. The Kier molecular flexibility index (Phi) is 2.93. The third-order valence-electron chi connectivity index (χ3n) is 1.18. The molecule has 0 saturated heterocycles. The minimum absolute atomic E-state index is 0.509. The van der Waals surface area contributed by atoms with Crippen molar-refractivity contribution in [3.8, 4) is 0 Å². The van der Waals surface area contributed by atoms with E-state index in [2.05, 4.69) is 4.98 Å². The highest BCUT2D eigenvalue weighted by molar-refractivity contribution is 6.19. The summed E-state index contributed by atoms with van der Waals surface area (Å²) in [7, 11) is 0. The van der Waals surface area contributed by atoms with Crippen LogP contribution in [0.5, 0.6) is 0 Å². The number of halogens is 1. The van der Waals surface area contributed by atoms with Crippen LogP contribution in [0.15, 0.2) is 24.5 Å². The van der Waals surface area contributed by atoms with Crippen molar-refractivity contribution in [2.45, 2.75) is 0 Å². The van der Waals surface area contributed by atoms with Crippen molar-refractivity contribution in [1.82, 2.24) is 4.98 Å². The van der Waals surface area contributed by atoms with Crippen LogP contribution in [0.1, 0.15) is 5.56 Å². The predicted molar refractivity (Wildman–Crippen MR) is 48.4 cm³/mol. The number of nitrogen functional groups attached to an aromatic ring is 1. The standard InChI is InChI=1S/C8H9ClN2/c9-3-1-2-7-4-8(10)6-11-5-7/h1-2,4-6H,3,10H2. The molecule has 0 bridgehead atoms. The van der Waals surface area contributed by atoms with Gasteiger partial charge in [-0.3, -0.25) is 4.98 Å². The van der Waals surface area contributed by atoms with Gasteiger partial charge in [0, 0.05) is 18.3 Å². The summed E-state index contributed by atoms with van der Waals surface area (Å²) in [6.07, 6.45) is 7.08. The highest BCUT2D eigenvalue weighted by Crippen LogP contribution is 2.05. The molecule has 3 heteroatoms. The van der Waals surface area contributed by atoms with E-state index in [1.54, 1.807) is 12.4 Å². The highest BCUT2D eigenvalue weighted by Gasteiger charge is 1.86. The molecule has 2 nitrogen and oxygen atoms in total. The van der Waals surface area contributed by atoms with Gasteiger partial charge in [0.15, 0.2) is 0 Å². The SMILES string of the molecule is Nc1cncc(C=CCCl)c1. The molecule has 0 fully saturated rings. The van der Waals surface area contributed by atoms with E-state index in [1.165, 1.54) is 0 Å². The van der Waals surface area contributed by atoms with E-state index in [9.17, 15) is 0 Å². The lowest BCUT2D eigenvalue weighted by molar-refractivity contribution is 1.32. The van der Waals surface area contributed by atoms with Crippen LogP contribution >= 0.6 is 11.6 Å². The van der Waals surface area contributed by atoms with E-state index >= 15 is 0 Å². The molecule has 0 unspecified atom stereocenters. The van der Waals surface area contributed by atoms with E-state index in [0.717, 1.165) is 5.56 Å². The molecule has 0 aliphatic heterocycles. The van der Waals surface area contributed by atoms with Crippen molar-refractivity contribution in [2.24, 2.45) is 0 Å². The molecule has 58 valence electrons. The Hall–Kier alpha value is -1.02. The number of alkyl halides is 1. The van der Waals surface area contributed by atoms with Crippen LogP contribution in [-0.2, 0) is 0 Å². The number of hydrogen-bond donors (Lipinski definition) is 1. The van der Waals surface area contributed by atoms with E-state index in [1.807, 2.05) is 18.2 Å². The lowest BCUT2D eigenvalue weighted by Crippen LogP contribution is -1.86. The fourth-order valence-electron chi connectivity index (χ4n) is 0.748. The molecule has 11 heavy (non-hydrogen) atoms. The number of pyridine rings is 1. The van der Waals surface area contributed by atoms with Gasteiger partial charge in [0.2, 0.25) is 0 Å². The summed E-state index contributed by atoms with van der Waals surface area (Å²) < 4.78 is 0. The number of nitrogens with zero attached hydrogens (tertiary/aromatic N) is 1. The average Bonchev–Trinajstić information content (AvgIpc) is 2.01. The summed E-state index contributed by atoms with van der Waals surface area (Å²) in [6, 6.07) is 1.84. The molecule has 0 aliphatic carbocycles. The molecule has 0 atom stereocenters. The molecule has 0 amide bonds. The van der Waals surface area contributed by atoms with Crippen molar-refractivity contribution in [1.29, 1.82) is 0 Å². The number of anilines is 1. The average molecular weight is 169 g/mol. The molecule has 1 rings (SSSR count). The van der Waals surface area contributed by atoms with E-state index < -0.39 is 0 Å². The molecule has 1 heterocycles. The first-order valence-corrected chi connectivity index (χ1v) is 3.79. The maximum absolute atomic E-state index is 5.50. The number of nitrogens with two attached hydrogens (primary N) is 1. The number of allylic oxidation sites excluding steroid dienone is 1. The molecule has 1 aromatic heterocycles. The largest absolute Gasteiger partial charge is 0.397 e. The van der Waals surface area contributed by atoms with Gasteiger partial charge in [-0.25, -0.2) is 0 Å². The summed E-state index contributed by atoms with van der Waals surface area (Å²) in [4.78, 5) is 3.92. The van der Waals surface area contributed by atoms with Gasteiger partial charge in [0.25, 0.3) is 0 Å². The fourth-order valence-corrected chi connectivity index (χ4v) is 0.837. The normalized spacial score (nSPS) is 10.6. The second-order valence-electron chi connectivity index (χ2n) is 2.11. The van der Waals surface area contributed by atoms with Crippen LogP contribution in [0.3, 0.4) is 0 Å². The van der Waals surface area contributed by atoms with Gasteiger partial charge in [-0.05, 0) is 11.6 Å². The third kappa shape index (κ3) is 2.60. The van der Waals surface area contributed by atoms with Crippen molar-refractivity contribution in [2.75, 3.05) is 11.6 Å². The van der Waals surface area contributed by atoms with Gasteiger partial charge in [-0.15, -0.1) is 11.6 Å². The Balaban J connectivity index is 2.79. The molecule has 0 radical (unpaired) electrons. The minimum atomic E-state index is 0.509.